The van der Waals surface area contributed by atoms with Crippen molar-refractivity contribution in [2.24, 2.45) is 0 Å². The highest BCUT2D eigenvalue weighted by Gasteiger charge is 2.18. The lowest BCUT2D eigenvalue weighted by Crippen LogP contribution is -2.10. The van der Waals surface area contributed by atoms with Crippen molar-refractivity contribution in [3.8, 4) is 16.8 Å². The number of benzene rings is 7. The zero-order valence-corrected chi connectivity index (χ0v) is 26.5. The molecule has 0 unspecified atom stereocenters. The minimum Gasteiger partial charge on any atom is -0.438 e. The third kappa shape index (κ3) is 4.42. The summed E-state index contributed by atoms with van der Waals surface area (Å²) in [6.45, 7) is 0. The first-order valence-corrected chi connectivity index (χ1v) is 16.5. The monoisotopic (exact) mass is 627 g/mol. The summed E-state index contributed by atoms with van der Waals surface area (Å²) >= 11 is 0. The molecule has 0 N–H and O–H groups in total. The number of hydrogen-bond acceptors (Lipinski definition) is 3. The zero-order valence-electron chi connectivity index (χ0n) is 26.5. The molecule has 0 fully saturated rings. The highest BCUT2D eigenvalue weighted by Crippen LogP contribution is 2.40. The Morgan fingerprint density at radius 1 is 0.490 bits per heavy atom. The molecule has 0 radical (unpaired) electrons. The van der Waals surface area contributed by atoms with Crippen LogP contribution in [0.2, 0.25) is 0 Å². The molecule has 0 saturated carbocycles. The highest BCUT2D eigenvalue weighted by molar-refractivity contribution is 6.14. The van der Waals surface area contributed by atoms with Crippen LogP contribution in [0.5, 0.6) is 0 Å². The number of anilines is 3. The van der Waals surface area contributed by atoms with Crippen LogP contribution in [0.4, 0.5) is 17.1 Å². The van der Waals surface area contributed by atoms with Gasteiger partial charge < -0.3 is 13.9 Å². The van der Waals surface area contributed by atoms with E-state index in [4.69, 9.17) is 4.42 Å². The first kappa shape index (κ1) is 27.5. The van der Waals surface area contributed by atoms with Gasteiger partial charge in [-0.1, -0.05) is 97.1 Å². The van der Waals surface area contributed by atoms with Gasteiger partial charge in [-0.2, -0.15) is 0 Å². The molecule has 49 heavy (non-hydrogen) atoms. The Kier molecular flexibility index (Phi) is 6.15. The number of rotatable bonds is 5. The molecule has 3 aromatic heterocycles. The van der Waals surface area contributed by atoms with Gasteiger partial charge in [-0.15, -0.1) is 0 Å². The zero-order chi connectivity index (χ0) is 32.3. The SMILES string of the molecule is c1ccc(N(c2ccc(-c3ccnc4oc5ccccc5c34)cc2)c2cccc(-n3c4ccccc4c4cc5ccccc5cc43)c2)cc1. The summed E-state index contributed by atoms with van der Waals surface area (Å²) in [5.41, 5.74) is 10.5. The average molecular weight is 628 g/mol. The third-order valence-corrected chi connectivity index (χ3v) is 9.62. The molecular weight excluding hydrogens is 599 g/mol. The fraction of sp³-hybridized carbons (Fsp3) is 0. The van der Waals surface area contributed by atoms with Crippen molar-refractivity contribution in [1.29, 1.82) is 0 Å². The van der Waals surface area contributed by atoms with E-state index in [1.54, 1.807) is 0 Å². The first-order chi connectivity index (χ1) is 24.3. The number of pyridine rings is 1. The summed E-state index contributed by atoms with van der Waals surface area (Å²) in [4.78, 5) is 6.86. The molecule has 0 bridgehead atoms. The molecule has 10 rings (SSSR count). The lowest BCUT2D eigenvalue weighted by molar-refractivity contribution is 0.654. The van der Waals surface area contributed by atoms with Crippen LogP contribution in [-0.2, 0) is 0 Å². The van der Waals surface area contributed by atoms with Gasteiger partial charge >= 0.3 is 0 Å². The van der Waals surface area contributed by atoms with Crippen LogP contribution >= 0.6 is 0 Å². The second-order valence-electron chi connectivity index (χ2n) is 12.4. The Balaban J connectivity index is 1.12. The molecule has 4 heteroatoms. The maximum Gasteiger partial charge on any atom is 0.227 e. The summed E-state index contributed by atoms with van der Waals surface area (Å²) in [5.74, 6) is 0. The van der Waals surface area contributed by atoms with Crippen LogP contribution in [0.25, 0.3) is 71.5 Å². The highest BCUT2D eigenvalue weighted by atomic mass is 16.3. The molecule has 0 aliphatic rings. The predicted octanol–water partition coefficient (Wildman–Crippen LogP) is 12.4. The Bertz CT molecular complexity index is 2830. The standard InChI is InChI=1S/C45H29N3O/c1-2-13-33(14-3-1)47(34-23-21-30(22-24-34)37-25-26-46-45-44(37)39-18-7-9-20-43(39)49-45)35-15-10-16-36(29-35)48-41-19-8-6-17-38(41)40-27-31-11-4-5-12-32(31)28-42(40)48/h1-29H. The maximum atomic E-state index is 6.09. The van der Waals surface area contributed by atoms with Crippen molar-refractivity contribution in [2.45, 2.75) is 0 Å². The molecule has 0 aliphatic carbocycles. The van der Waals surface area contributed by atoms with Crippen molar-refractivity contribution in [2.75, 3.05) is 4.90 Å². The molecule has 0 atom stereocenters. The second-order valence-corrected chi connectivity index (χ2v) is 12.4. The molecule has 3 heterocycles. The van der Waals surface area contributed by atoms with Crippen LogP contribution in [0.3, 0.4) is 0 Å². The second kappa shape index (κ2) is 11.0. The summed E-state index contributed by atoms with van der Waals surface area (Å²) in [6.07, 6.45) is 1.83. The van der Waals surface area contributed by atoms with Crippen molar-refractivity contribution in [3.63, 3.8) is 0 Å². The number of nitrogens with zero attached hydrogens (tertiary/aromatic N) is 3. The number of fused-ring (bicyclic) bond motifs is 7. The minimum atomic E-state index is 0.656. The van der Waals surface area contributed by atoms with Crippen LogP contribution in [0.1, 0.15) is 0 Å². The lowest BCUT2D eigenvalue weighted by Gasteiger charge is -2.26. The van der Waals surface area contributed by atoms with E-state index in [2.05, 4.69) is 166 Å². The van der Waals surface area contributed by atoms with E-state index in [-0.39, 0.29) is 0 Å². The van der Waals surface area contributed by atoms with Crippen LogP contribution in [0.15, 0.2) is 180 Å². The minimum absolute atomic E-state index is 0.656. The van der Waals surface area contributed by atoms with E-state index in [0.29, 0.717) is 5.71 Å². The Morgan fingerprint density at radius 2 is 1.18 bits per heavy atom. The van der Waals surface area contributed by atoms with E-state index in [1.165, 1.54) is 32.6 Å². The van der Waals surface area contributed by atoms with Gasteiger partial charge in [0.05, 0.1) is 16.4 Å². The van der Waals surface area contributed by atoms with Gasteiger partial charge in [-0.3, -0.25) is 0 Å². The van der Waals surface area contributed by atoms with Crippen molar-refractivity contribution in [1.82, 2.24) is 9.55 Å². The van der Waals surface area contributed by atoms with Crippen LogP contribution in [0, 0.1) is 0 Å². The summed E-state index contributed by atoms with van der Waals surface area (Å²) in [6, 6.07) is 60.4. The van der Waals surface area contributed by atoms with Gasteiger partial charge in [0, 0.05) is 45.1 Å². The van der Waals surface area contributed by atoms with Gasteiger partial charge in [-0.25, -0.2) is 4.98 Å². The average Bonchev–Trinajstić information content (AvgIpc) is 3.70. The summed E-state index contributed by atoms with van der Waals surface area (Å²) in [5, 5.41) is 7.10. The topological polar surface area (TPSA) is 34.2 Å². The van der Waals surface area contributed by atoms with Gasteiger partial charge in [0.2, 0.25) is 5.71 Å². The van der Waals surface area contributed by atoms with E-state index < -0.39 is 0 Å². The van der Waals surface area contributed by atoms with Gasteiger partial charge in [0.25, 0.3) is 0 Å². The van der Waals surface area contributed by atoms with E-state index in [0.717, 1.165) is 50.2 Å². The lowest BCUT2D eigenvalue weighted by atomic mass is 10.0. The first-order valence-electron chi connectivity index (χ1n) is 16.5. The fourth-order valence-electron chi connectivity index (χ4n) is 7.41. The number of furan rings is 1. The molecule has 0 amide bonds. The molecule has 0 aliphatic heterocycles. The van der Waals surface area contributed by atoms with Crippen LogP contribution in [-0.4, -0.2) is 9.55 Å². The Labute approximate surface area is 282 Å². The van der Waals surface area contributed by atoms with Crippen molar-refractivity contribution in [3.05, 3.63) is 176 Å². The predicted molar refractivity (Wildman–Crippen MR) is 203 cm³/mol. The number of aromatic nitrogens is 2. The number of hydrogen-bond donors (Lipinski definition) is 0. The Morgan fingerprint density at radius 3 is 2.04 bits per heavy atom. The molecule has 0 saturated heterocycles. The maximum absolute atomic E-state index is 6.09. The van der Waals surface area contributed by atoms with Crippen molar-refractivity contribution < 1.29 is 4.42 Å². The molecule has 230 valence electrons. The fourth-order valence-corrected chi connectivity index (χ4v) is 7.41. The molecule has 7 aromatic carbocycles. The van der Waals surface area contributed by atoms with Crippen LogP contribution < -0.4 is 4.90 Å². The molecule has 4 nitrogen and oxygen atoms in total. The molecule has 10 aromatic rings. The number of para-hydroxylation sites is 3. The van der Waals surface area contributed by atoms with Crippen molar-refractivity contribution >= 4 is 71.7 Å². The third-order valence-electron chi connectivity index (χ3n) is 9.62. The molecule has 0 spiro atoms. The van der Waals surface area contributed by atoms with E-state index in [1.807, 2.05) is 24.4 Å². The Hall–Kier alpha value is -6.65. The van der Waals surface area contributed by atoms with E-state index >= 15 is 0 Å². The summed E-state index contributed by atoms with van der Waals surface area (Å²) in [7, 11) is 0. The van der Waals surface area contributed by atoms with E-state index in [9.17, 15) is 0 Å². The molecular formula is C45H29N3O. The quantitative estimate of drug-likeness (QED) is 0.190. The normalized spacial score (nSPS) is 11.7. The van der Waals surface area contributed by atoms with Gasteiger partial charge in [0.1, 0.15) is 5.58 Å². The van der Waals surface area contributed by atoms with Gasteiger partial charge in [0.15, 0.2) is 0 Å². The van der Waals surface area contributed by atoms with Gasteiger partial charge in [-0.05, 0) is 94.7 Å². The largest absolute Gasteiger partial charge is 0.438 e. The smallest absolute Gasteiger partial charge is 0.227 e. The summed E-state index contributed by atoms with van der Waals surface area (Å²) < 4.78 is 8.49.